The standard InChI is InChI=1S/C22H19FO/c1-15-9-11-16(12-10-15)13-18-14-17-5-4-7-20(22(17)24-18)19-6-2-3-8-21(19)23/h2-12,18H,13-14H2,1H3. The maximum Gasteiger partial charge on any atom is 0.131 e. The van der Waals surface area contributed by atoms with E-state index in [0.29, 0.717) is 5.56 Å². The third-order valence-electron chi connectivity index (χ3n) is 4.58. The van der Waals surface area contributed by atoms with Crippen LogP contribution in [0.2, 0.25) is 0 Å². The average molecular weight is 318 g/mol. The molecule has 0 aromatic heterocycles. The molecule has 1 atom stereocenters. The number of aryl methyl sites for hydroxylation is 1. The predicted molar refractivity (Wildman–Crippen MR) is 94.8 cm³/mol. The van der Waals surface area contributed by atoms with Crippen LogP contribution in [0.15, 0.2) is 66.7 Å². The van der Waals surface area contributed by atoms with Gasteiger partial charge < -0.3 is 4.74 Å². The van der Waals surface area contributed by atoms with E-state index >= 15 is 0 Å². The number of ether oxygens (including phenoxy) is 1. The average Bonchev–Trinajstić information content (AvgIpc) is 3.00. The summed E-state index contributed by atoms with van der Waals surface area (Å²) in [5, 5.41) is 0. The smallest absolute Gasteiger partial charge is 0.131 e. The summed E-state index contributed by atoms with van der Waals surface area (Å²) < 4.78 is 20.4. The van der Waals surface area contributed by atoms with E-state index in [2.05, 4.69) is 37.3 Å². The Kier molecular flexibility index (Phi) is 3.81. The Balaban J connectivity index is 1.62. The van der Waals surface area contributed by atoms with E-state index in [0.717, 1.165) is 29.7 Å². The van der Waals surface area contributed by atoms with Crippen LogP contribution in [-0.2, 0) is 12.8 Å². The minimum atomic E-state index is -0.212. The molecule has 1 heterocycles. The lowest BCUT2D eigenvalue weighted by atomic mass is 9.99. The maximum absolute atomic E-state index is 14.2. The Bertz CT molecular complexity index is 867. The van der Waals surface area contributed by atoms with Gasteiger partial charge in [-0.2, -0.15) is 0 Å². The number of rotatable bonds is 3. The normalized spacial score (nSPS) is 15.8. The van der Waals surface area contributed by atoms with Gasteiger partial charge in [0.25, 0.3) is 0 Å². The van der Waals surface area contributed by atoms with Gasteiger partial charge in [0.1, 0.15) is 17.7 Å². The second-order valence-corrected chi connectivity index (χ2v) is 6.41. The van der Waals surface area contributed by atoms with Crippen LogP contribution in [0.3, 0.4) is 0 Å². The lowest BCUT2D eigenvalue weighted by molar-refractivity contribution is 0.234. The highest BCUT2D eigenvalue weighted by Gasteiger charge is 2.26. The van der Waals surface area contributed by atoms with E-state index in [1.54, 1.807) is 6.07 Å². The zero-order chi connectivity index (χ0) is 16.5. The van der Waals surface area contributed by atoms with Crippen molar-refractivity contribution in [1.29, 1.82) is 0 Å². The van der Waals surface area contributed by atoms with Crippen molar-refractivity contribution in [2.45, 2.75) is 25.9 Å². The second kappa shape index (κ2) is 6.12. The third-order valence-corrected chi connectivity index (χ3v) is 4.58. The predicted octanol–water partition coefficient (Wildman–Crippen LogP) is 5.35. The van der Waals surface area contributed by atoms with E-state index in [1.807, 2.05) is 24.3 Å². The fraction of sp³-hybridized carbons (Fsp3) is 0.182. The van der Waals surface area contributed by atoms with Gasteiger partial charge in [-0.05, 0) is 24.1 Å². The van der Waals surface area contributed by atoms with Crippen molar-refractivity contribution in [2.75, 3.05) is 0 Å². The maximum atomic E-state index is 14.2. The molecule has 0 aliphatic carbocycles. The molecule has 0 bridgehead atoms. The Morgan fingerprint density at radius 2 is 1.67 bits per heavy atom. The molecule has 1 aliphatic heterocycles. The minimum Gasteiger partial charge on any atom is -0.489 e. The third kappa shape index (κ3) is 2.80. The zero-order valence-corrected chi connectivity index (χ0v) is 13.6. The van der Waals surface area contributed by atoms with Gasteiger partial charge in [0, 0.05) is 24.0 Å². The van der Waals surface area contributed by atoms with E-state index in [-0.39, 0.29) is 11.9 Å². The highest BCUT2D eigenvalue weighted by Crippen LogP contribution is 2.40. The fourth-order valence-corrected chi connectivity index (χ4v) is 3.33. The van der Waals surface area contributed by atoms with E-state index in [1.165, 1.54) is 17.2 Å². The van der Waals surface area contributed by atoms with Crippen molar-refractivity contribution in [3.05, 3.63) is 89.2 Å². The molecule has 4 rings (SSSR count). The SMILES string of the molecule is Cc1ccc(CC2Cc3cccc(-c4ccccc4F)c3O2)cc1. The first-order chi connectivity index (χ1) is 11.7. The highest BCUT2D eigenvalue weighted by atomic mass is 19.1. The molecule has 0 spiro atoms. The van der Waals surface area contributed by atoms with Crippen molar-refractivity contribution in [1.82, 2.24) is 0 Å². The molecule has 1 aliphatic rings. The van der Waals surface area contributed by atoms with Crippen molar-refractivity contribution < 1.29 is 9.13 Å². The Morgan fingerprint density at radius 3 is 2.46 bits per heavy atom. The van der Waals surface area contributed by atoms with Crippen LogP contribution in [-0.4, -0.2) is 6.10 Å². The Hall–Kier alpha value is -2.61. The van der Waals surface area contributed by atoms with Gasteiger partial charge >= 0.3 is 0 Å². The van der Waals surface area contributed by atoms with Gasteiger partial charge in [-0.15, -0.1) is 0 Å². The van der Waals surface area contributed by atoms with Crippen LogP contribution in [0.25, 0.3) is 11.1 Å². The van der Waals surface area contributed by atoms with Crippen LogP contribution in [0.1, 0.15) is 16.7 Å². The molecule has 0 saturated heterocycles. The van der Waals surface area contributed by atoms with Crippen molar-refractivity contribution in [3.8, 4) is 16.9 Å². The molecule has 0 radical (unpaired) electrons. The number of benzene rings is 3. The highest BCUT2D eigenvalue weighted by molar-refractivity contribution is 5.73. The number of fused-ring (bicyclic) bond motifs is 1. The molecule has 3 aromatic rings. The Morgan fingerprint density at radius 1 is 0.917 bits per heavy atom. The molecule has 0 saturated carbocycles. The van der Waals surface area contributed by atoms with Gasteiger partial charge in [-0.3, -0.25) is 0 Å². The molecule has 120 valence electrons. The molecule has 0 amide bonds. The van der Waals surface area contributed by atoms with E-state index in [4.69, 9.17) is 4.74 Å². The lowest BCUT2D eigenvalue weighted by Gasteiger charge is -2.13. The summed E-state index contributed by atoms with van der Waals surface area (Å²) in [6.07, 6.45) is 1.84. The second-order valence-electron chi connectivity index (χ2n) is 6.41. The summed E-state index contributed by atoms with van der Waals surface area (Å²) in [4.78, 5) is 0. The molecule has 1 unspecified atom stereocenters. The minimum absolute atomic E-state index is 0.107. The molecular formula is C22H19FO. The number of hydrogen-bond acceptors (Lipinski definition) is 1. The topological polar surface area (TPSA) is 9.23 Å². The summed E-state index contributed by atoms with van der Waals surface area (Å²) in [7, 11) is 0. The summed E-state index contributed by atoms with van der Waals surface area (Å²) >= 11 is 0. The first-order valence-electron chi connectivity index (χ1n) is 8.30. The number of halogens is 1. The summed E-state index contributed by atoms with van der Waals surface area (Å²) in [5.41, 5.74) is 5.14. The van der Waals surface area contributed by atoms with Crippen molar-refractivity contribution >= 4 is 0 Å². The molecule has 2 heteroatoms. The van der Waals surface area contributed by atoms with Crippen molar-refractivity contribution in [3.63, 3.8) is 0 Å². The summed E-state index contributed by atoms with van der Waals surface area (Å²) in [6, 6.07) is 21.4. The summed E-state index contributed by atoms with van der Waals surface area (Å²) in [6.45, 7) is 2.09. The van der Waals surface area contributed by atoms with Crippen LogP contribution in [0.4, 0.5) is 4.39 Å². The Labute approximate surface area is 141 Å². The van der Waals surface area contributed by atoms with Crippen LogP contribution >= 0.6 is 0 Å². The van der Waals surface area contributed by atoms with Crippen LogP contribution < -0.4 is 4.74 Å². The molecule has 24 heavy (non-hydrogen) atoms. The lowest BCUT2D eigenvalue weighted by Crippen LogP contribution is -2.16. The first-order valence-corrected chi connectivity index (χ1v) is 8.30. The van der Waals surface area contributed by atoms with Crippen LogP contribution in [0, 0.1) is 12.7 Å². The molecule has 0 N–H and O–H groups in total. The van der Waals surface area contributed by atoms with Crippen LogP contribution in [0.5, 0.6) is 5.75 Å². The van der Waals surface area contributed by atoms with E-state index < -0.39 is 0 Å². The van der Waals surface area contributed by atoms with Gasteiger partial charge in [0.15, 0.2) is 0 Å². The number of para-hydroxylation sites is 1. The number of hydrogen-bond donors (Lipinski definition) is 0. The summed E-state index contributed by atoms with van der Waals surface area (Å²) in [5.74, 6) is 0.621. The van der Waals surface area contributed by atoms with Crippen molar-refractivity contribution in [2.24, 2.45) is 0 Å². The van der Waals surface area contributed by atoms with E-state index in [9.17, 15) is 4.39 Å². The fourth-order valence-electron chi connectivity index (χ4n) is 3.33. The van der Waals surface area contributed by atoms with Gasteiger partial charge in [-0.25, -0.2) is 4.39 Å². The largest absolute Gasteiger partial charge is 0.489 e. The van der Waals surface area contributed by atoms with Gasteiger partial charge in [0.2, 0.25) is 0 Å². The van der Waals surface area contributed by atoms with Gasteiger partial charge in [-0.1, -0.05) is 66.2 Å². The molecule has 3 aromatic carbocycles. The first kappa shape index (κ1) is 14.9. The zero-order valence-electron chi connectivity index (χ0n) is 13.6. The molecule has 1 nitrogen and oxygen atoms in total. The van der Waals surface area contributed by atoms with Gasteiger partial charge in [0.05, 0.1) is 0 Å². The molecule has 0 fully saturated rings. The quantitative estimate of drug-likeness (QED) is 0.633. The monoisotopic (exact) mass is 318 g/mol. The molecular weight excluding hydrogens is 299 g/mol.